The van der Waals surface area contributed by atoms with Crippen LogP contribution in [0.3, 0.4) is 0 Å². The summed E-state index contributed by atoms with van der Waals surface area (Å²) in [7, 11) is 3.23. The average Bonchev–Trinajstić information content (AvgIpc) is 2.74. The Morgan fingerprint density at radius 3 is 2.83 bits per heavy atom. The summed E-state index contributed by atoms with van der Waals surface area (Å²) in [6, 6.07) is -0.0265. The summed E-state index contributed by atoms with van der Waals surface area (Å²) < 4.78 is 6.56. The van der Waals surface area contributed by atoms with Crippen LogP contribution >= 0.6 is 0 Å². The molecule has 0 aromatic carbocycles. The number of ether oxygens (including phenoxy) is 1. The molecule has 0 saturated carbocycles. The highest BCUT2D eigenvalue weighted by molar-refractivity contribution is 5.43. The molecule has 0 amide bonds. The molecule has 1 N–H and O–H groups in total. The minimum absolute atomic E-state index is 0.0265. The van der Waals surface area contributed by atoms with Crippen molar-refractivity contribution in [1.82, 2.24) is 24.7 Å². The van der Waals surface area contributed by atoms with Gasteiger partial charge in [-0.05, 0) is 0 Å². The number of hydrogen-bond donors (Lipinski definition) is 1. The average molecular weight is 251 g/mol. The third-order valence-corrected chi connectivity index (χ3v) is 1.92. The molecule has 0 unspecified atom stereocenters. The fourth-order valence-electron chi connectivity index (χ4n) is 1.13. The van der Waals surface area contributed by atoms with Gasteiger partial charge in [-0.1, -0.05) is 0 Å². The van der Waals surface area contributed by atoms with Gasteiger partial charge in [0.2, 0.25) is 5.95 Å². The van der Waals surface area contributed by atoms with E-state index in [9.17, 15) is 10.1 Å². The van der Waals surface area contributed by atoms with Crippen LogP contribution in [0.25, 0.3) is 0 Å². The molecule has 0 atom stereocenters. The van der Waals surface area contributed by atoms with Gasteiger partial charge in [0.1, 0.15) is 12.5 Å². The van der Waals surface area contributed by atoms with Crippen LogP contribution in [0.4, 0.5) is 11.6 Å². The number of nitro groups is 1. The Bertz CT molecular complexity index is 582. The van der Waals surface area contributed by atoms with E-state index < -0.39 is 4.92 Å². The molecule has 0 aliphatic rings. The van der Waals surface area contributed by atoms with Crippen molar-refractivity contribution in [2.24, 2.45) is 7.05 Å². The van der Waals surface area contributed by atoms with Crippen LogP contribution in [0, 0.1) is 10.1 Å². The lowest BCUT2D eigenvalue weighted by Gasteiger charge is -2.03. The summed E-state index contributed by atoms with van der Waals surface area (Å²) in [5.74, 6) is -0.0166. The first-order chi connectivity index (χ1) is 8.60. The highest BCUT2D eigenvalue weighted by Crippen LogP contribution is 2.27. The maximum absolute atomic E-state index is 10.8. The van der Waals surface area contributed by atoms with Gasteiger partial charge in [-0.2, -0.15) is 9.97 Å². The van der Waals surface area contributed by atoms with E-state index >= 15 is 0 Å². The Hall–Kier alpha value is -2.78. The molecule has 0 aliphatic carbocycles. The van der Waals surface area contributed by atoms with E-state index in [0.29, 0.717) is 0 Å². The minimum Gasteiger partial charge on any atom is -0.397 e. The third-order valence-electron chi connectivity index (χ3n) is 1.92. The molecule has 2 aromatic rings. The smallest absolute Gasteiger partial charge is 0.349 e. The van der Waals surface area contributed by atoms with Gasteiger partial charge in [0.15, 0.2) is 0 Å². The zero-order valence-corrected chi connectivity index (χ0v) is 9.56. The molecule has 10 heteroatoms. The van der Waals surface area contributed by atoms with Crippen LogP contribution in [-0.4, -0.2) is 36.7 Å². The van der Waals surface area contributed by atoms with Gasteiger partial charge in [-0.25, -0.2) is 4.98 Å². The summed E-state index contributed by atoms with van der Waals surface area (Å²) in [5.41, 5.74) is -0.360. The van der Waals surface area contributed by atoms with Crippen molar-refractivity contribution < 1.29 is 9.66 Å². The van der Waals surface area contributed by atoms with Crippen molar-refractivity contribution in [1.29, 1.82) is 0 Å². The number of aromatic nitrogens is 5. The third kappa shape index (κ3) is 2.31. The zero-order valence-electron chi connectivity index (χ0n) is 9.56. The molecular formula is C8H9N7O3. The van der Waals surface area contributed by atoms with Gasteiger partial charge in [0.25, 0.3) is 0 Å². The highest BCUT2D eigenvalue weighted by Gasteiger charge is 2.20. The van der Waals surface area contributed by atoms with Crippen LogP contribution in [0.5, 0.6) is 11.9 Å². The first-order valence-corrected chi connectivity index (χ1v) is 4.83. The van der Waals surface area contributed by atoms with Gasteiger partial charge >= 0.3 is 17.6 Å². The van der Waals surface area contributed by atoms with Crippen LogP contribution in [-0.2, 0) is 7.05 Å². The molecular weight excluding hydrogens is 242 g/mol. The predicted molar refractivity (Wildman–Crippen MR) is 59.3 cm³/mol. The van der Waals surface area contributed by atoms with E-state index in [1.807, 2.05) is 0 Å². The number of aryl methyl sites for hydroxylation is 1. The molecule has 0 aliphatic heterocycles. The van der Waals surface area contributed by atoms with Crippen molar-refractivity contribution in [3.05, 3.63) is 22.6 Å². The largest absolute Gasteiger partial charge is 0.397 e. The molecule has 10 nitrogen and oxygen atoms in total. The van der Waals surface area contributed by atoms with E-state index in [1.54, 1.807) is 14.1 Å². The van der Waals surface area contributed by atoms with Crippen molar-refractivity contribution in [3.63, 3.8) is 0 Å². The monoisotopic (exact) mass is 251 g/mol. The second kappa shape index (κ2) is 4.61. The summed E-state index contributed by atoms with van der Waals surface area (Å²) in [5, 5.41) is 17.3. The topological polar surface area (TPSA) is 121 Å². The summed E-state index contributed by atoms with van der Waals surface area (Å²) in [6.45, 7) is 0. The van der Waals surface area contributed by atoms with Gasteiger partial charge in [0, 0.05) is 14.1 Å². The SMILES string of the molecule is CNc1ncc([N+](=O)[O-])c(Oc2ncn(C)n2)n1. The number of nitrogens with zero attached hydrogens (tertiary/aromatic N) is 6. The van der Waals surface area contributed by atoms with Crippen LogP contribution < -0.4 is 10.1 Å². The molecule has 18 heavy (non-hydrogen) atoms. The maximum atomic E-state index is 10.8. The van der Waals surface area contributed by atoms with Crippen molar-refractivity contribution >= 4 is 11.6 Å². The molecule has 2 heterocycles. The Morgan fingerprint density at radius 1 is 1.50 bits per heavy atom. The Kier molecular flexibility index (Phi) is 3.00. The minimum atomic E-state index is -0.641. The lowest BCUT2D eigenvalue weighted by atomic mass is 10.5. The zero-order chi connectivity index (χ0) is 13.1. The molecule has 2 aromatic heterocycles. The fourth-order valence-corrected chi connectivity index (χ4v) is 1.13. The lowest BCUT2D eigenvalue weighted by Crippen LogP contribution is -2.02. The molecule has 0 bridgehead atoms. The van der Waals surface area contributed by atoms with E-state index in [-0.39, 0.29) is 23.5 Å². The highest BCUT2D eigenvalue weighted by atomic mass is 16.6. The lowest BCUT2D eigenvalue weighted by molar-refractivity contribution is -0.386. The number of nitrogens with one attached hydrogen (secondary N) is 1. The molecule has 2 rings (SSSR count). The van der Waals surface area contributed by atoms with Gasteiger partial charge in [0.05, 0.1) is 4.92 Å². The Labute approximate surface area is 101 Å². The quantitative estimate of drug-likeness (QED) is 0.610. The Balaban J connectivity index is 2.37. The molecule has 0 radical (unpaired) electrons. The second-order valence-electron chi connectivity index (χ2n) is 3.19. The molecule has 0 fully saturated rings. The van der Waals surface area contributed by atoms with E-state index in [0.717, 1.165) is 6.20 Å². The van der Waals surface area contributed by atoms with Crippen LogP contribution in [0.15, 0.2) is 12.5 Å². The second-order valence-corrected chi connectivity index (χ2v) is 3.19. The fraction of sp³-hybridized carbons (Fsp3) is 0.250. The summed E-state index contributed by atoms with van der Waals surface area (Å²) in [4.78, 5) is 21.5. The predicted octanol–water partition coefficient (Wildman–Crippen LogP) is 0.347. The van der Waals surface area contributed by atoms with Gasteiger partial charge < -0.3 is 10.1 Å². The maximum Gasteiger partial charge on any atom is 0.349 e. The van der Waals surface area contributed by atoms with E-state index in [4.69, 9.17) is 4.74 Å². The number of rotatable bonds is 4. The summed E-state index contributed by atoms with van der Waals surface area (Å²) in [6.07, 6.45) is 2.46. The van der Waals surface area contributed by atoms with Crippen LogP contribution in [0.1, 0.15) is 0 Å². The number of anilines is 1. The van der Waals surface area contributed by atoms with Crippen LogP contribution in [0.2, 0.25) is 0 Å². The van der Waals surface area contributed by atoms with E-state index in [1.165, 1.54) is 11.0 Å². The standard InChI is InChI=1S/C8H9N7O3/c1-9-7-10-3-5(15(16)17)6(12-7)18-8-11-4-14(2)13-8/h3-4H,1-2H3,(H,9,10,12). The molecule has 94 valence electrons. The normalized spacial score (nSPS) is 10.1. The van der Waals surface area contributed by atoms with Crippen molar-refractivity contribution in [2.75, 3.05) is 12.4 Å². The van der Waals surface area contributed by atoms with Crippen molar-refractivity contribution in [3.8, 4) is 11.9 Å². The van der Waals surface area contributed by atoms with Gasteiger partial charge in [-0.3, -0.25) is 14.8 Å². The first kappa shape index (κ1) is 11.7. The summed E-state index contributed by atoms with van der Waals surface area (Å²) >= 11 is 0. The van der Waals surface area contributed by atoms with Gasteiger partial charge in [-0.15, -0.1) is 5.10 Å². The number of hydrogen-bond acceptors (Lipinski definition) is 8. The first-order valence-electron chi connectivity index (χ1n) is 4.83. The van der Waals surface area contributed by atoms with E-state index in [2.05, 4.69) is 25.4 Å². The molecule has 0 spiro atoms. The molecule has 0 saturated heterocycles. The Morgan fingerprint density at radius 2 is 2.28 bits per heavy atom. The van der Waals surface area contributed by atoms with Crippen molar-refractivity contribution in [2.45, 2.75) is 0 Å².